The van der Waals surface area contributed by atoms with Crippen molar-refractivity contribution in [3.05, 3.63) is 71.8 Å². The summed E-state index contributed by atoms with van der Waals surface area (Å²) in [6.07, 6.45) is 1.15. The summed E-state index contributed by atoms with van der Waals surface area (Å²) in [5.74, 6) is 0. The van der Waals surface area contributed by atoms with E-state index in [0.717, 1.165) is 26.1 Å². The van der Waals surface area contributed by atoms with Crippen LogP contribution >= 0.6 is 0 Å². The van der Waals surface area contributed by atoms with Gasteiger partial charge in [0.25, 0.3) is 0 Å². The van der Waals surface area contributed by atoms with Crippen molar-refractivity contribution in [2.24, 2.45) is 0 Å². The van der Waals surface area contributed by atoms with Crippen LogP contribution < -0.4 is 5.32 Å². The van der Waals surface area contributed by atoms with E-state index < -0.39 is 0 Å². The Hall–Kier alpha value is -1.64. The molecule has 0 aromatic heterocycles. The van der Waals surface area contributed by atoms with Gasteiger partial charge in [-0.15, -0.1) is 0 Å². The van der Waals surface area contributed by atoms with Crippen molar-refractivity contribution in [1.29, 1.82) is 0 Å². The van der Waals surface area contributed by atoms with Gasteiger partial charge in [-0.05, 0) is 24.5 Å². The fourth-order valence-corrected chi connectivity index (χ4v) is 3.31. The Morgan fingerprint density at radius 3 is 2.32 bits per heavy atom. The van der Waals surface area contributed by atoms with Crippen LogP contribution in [0.15, 0.2) is 60.7 Å². The molecule has 0 spiro atoms. The number of piperazine rings is 1. The van der Waals surface area contributed by atoms with E-state index in [2.05, 4.69) is 84.7 Å². The van der Waals surface area contributed by atoms with Gasteiger partial charge in [-0.3, -0.25) is 4.90 Å². The second-order valence-corrected chi connectivity index (χ2v) is 6.61. The number of benzene rings is 2. The van der Waals surface area contributed by atoms with Crippen molar-refractivity contribution < 1.29 is 0 Å². The minimum Gasteiger partial charge on any atom is -0.308 e. The molecule has 1 N–H and O–H groups in total. The predicted octanol–water partition coefficient (Wildman–Crippen LogP) is 4.00. The van der Waals surface area contributed by atoms with Crippen LogP contribution in [0, 0.1) is 0 Å². The zero-order valence-corrected chi connectivity index (χ0v) is 13.6. The van der Waals surface area contributed by atoms with Gasteiger partial charge in [0.15, 0.2) is 0 Å². The fourth-order valence-electron chi connectivity index (χ4n) is 3.31. The van der Waals surface area contributed by atoms with Gasteiger partial charge in [-0.2, -0.15) is 0 Å². The molecular weight excluding hydrogens is 268 g/mol. The highest BCUT2D eigenvalue weighted by Gasteiger charge is 2.34. The van der Waals surface area contributed by atoms with Gasteiger partial charge in [0.1, 0.15) is 0 Å². The molecule has 116 valence electrons. The fraction of sp³-hybridized carbons (Fsp3) is 0.400. The lowest BCUT2D eigenvalue weighted by Crippen LogP contribution is -2.59. The minimum absolute atomic E-state index is 0.208. The molecule has 22 heavy (non-hydrogen) atoms. The lowest BCUT2D eigenvalue weighted by Gasteiger charge is -2.46. The highest BCUT2D eigenvalue weighted by molar-refractivity contribution is 5.22. The van der Waals surface area contributed by atoms with Gasteiger partial charge in [-0.25, -0.2) is 0 Å². The van der Waals surface area contributed by atoms with E-state index in [9.17, 15) is 0 Å². The van der Waals surface area contributed by atoms with Gasteiger partial charge in [0.2, 0.25) is 0 Å². The monoisotopic (exact) mass is 294 g/mol. The Morgan fingerprint density at radius 2 is 1.68 bits per heavy atom. The largest absolute Gasteiger partial charge is 0.308 e. The quantitative estimate of drug-likeness (QED) is 0.917. The van der Waals surface area contributed by atoms with Crippen LogP contribution in [-0.2, 0) is 6.54 Å². The van der Waals surface area contributed by atoms with Crippen molar-refractivity contribution >= 4 is 0 Å². The van der Waals surface area contributed by atoms with Gasteiger partial charge in [0.05, 0.1) is 0 Å². The van der Waals surface area contributed by atoms with E-state index in [-0.39, 0.29) is 5.54 Å². The van der Waals surface area contributed by atoms with E-state index in [4.69, 9.17) is 0 Å². The second kappa shape index (κ2) is 6.64. The van der Waals surface area contributed by atoms with E-state index in [0.29, 0.717) is 6.04 Å². The van der Waals surface area contributed by atoms with Crippen LogP contribution in [-0.4, -0.2) is 23.5 Å². The zero-order chi connectivity index (χ0) is 15.4. The molecule has 2 nitrogen and oxygen atoms in total. The molecule has 1 heterocycles. The minimum atomic E-state index is 0.208. The normalized spacial score (nSPS) is 26.0. The number of nitrogens with zero attached hydrogens (tertiary/aromatic N) is 1. The molecule has 0 saturated carbocycles. The van der Waals surface area contributed by atoms with Crippen LogP contribution in [0.3, 0.4) is 0 Å². The van der Waals surface area contributed by atoms with Crippen LogP contribution in [0.5, 0.6) is 0 Å². The summed E-state index contributed by atoms with van der Waals surface area (Å²) in [7, 11) is 0. The summed E-state index contributed by atoms with van der Waals surface area (Å²) < 4.78 is 0. The van der Waals surface area contributed by atoms with Crippen LogP contribution in [0.2, 0.25) is 0 Å². The third-order valence-electron chi connectivity index (χ3n) is 4.91. The molecule has 2 atom stereocenters. The SMILES string of the molecule is CCC1(C)CN(Cc2ccccc2)C(c2ccccc2)CN1. The van der Waals surface area contributed by atoms with Crippen molar-refractivity contribution in [2.45, 2.75) is 38.4 Å². The molecule has 0 bridgehead atoms. The Bertz CT molecular complexity index is 581. The number of hydrogen-bond acceptors (Lipinski definition) is 2. The first-order valence-corrected chi connectivity index (χ1v) is 8.28. The van der Waals surface area contributed by atoms with Gasteiger partial charge >= 0.3 is 0 Å². The first-order chi connectivity index (χ1) is 10.7. The van der Waals surface area contributed by atoms with Crippen molar-refractivity contribution in [3.63, 3.8) is 0 Å². The molecule has 3 rings (SSSR count). The summed E-state index contributed by atoms with van der Waals surface area (Å²) in [5.41, 5.74) is 3.01. The van der Waals surface area contributed by atoms with E-state index in [1.165, 1.54) is 11.1 Å². The van der Waals surface area contributed by atoms with E-state index >= 15 is 0 Å². The summed E-state index contributed by atoms with van der Waals surface area (Å²) in [4.78, 5) is 2.63. The molecular formula is C20H26N2. The van der Waals surface area contributed by atoms with Crippen LogP contribution in [0.4, 0.5) is 0 Å². The molecule has 2 aromatic rings. The highest BCUT2D eigenvalue weighted by Crippen LogP contribution is 2.29. The number of hydrogen-bond donors (Lipinski definition) is 1. The molecule has 0 amide bonds. The molecule has 2 unspecified atom stereocenters. The maximum Gasteiger partial charge on any atom is 0.0477 e. The predicted molar refractivity (Wildman–Crippen MR) is 92.7 cm³/mol. The van der Waals surface area contributed by atoms with Crippen LogP contribution in [0.1, 0.15) is 37.4 Å². The molecule has 1 aliphatic rings. The number of rotatable bonds is 4. The lowest BCUT2D eigenvalue weighted by atomic mass is 9.91. The summed E-state index contributed by atoms with van der Waals surface area (Å²) >= 11 is 0. The third-order valence-corrected chi connectivity index (χ3v) is 4.91. The molecule has 1 aliphatic heterocycles. The van der Waals surface area contributed by atoms with Crippen molar-refractivity contribution in [2.75, 3.05) is 13.1 Å². The van der Waals surface area contributed by atoms with Crippen LogP contribution in [0.25, 0.3) is 0 Å². The Kier molecular flexibility index (Phi) is 4.60. The highest BCUT2D eigenvalue weighted by atomic mass is 15.2. The standard InChI is InChI=1S/C20H26N2/c1-3-20(2)16-22(15-17-10-6-4-7-11-17)19(14-21-20)18-12-8-5-9-13-18/h4-13,19,21H,3,14-16H2,1-2H3. The summed E-state index contributed by atoms with van der Waals surface area (Å²) in [5, 5.41) is 3.77. The maximum atomic E-state index is 3.77. The molecule has 1 saturated heterocycles. The molecule has 1 fully saturated rings. The average Bonchev–Trinajstić information content (AvgIpc) is 2.57. The summed E-state index contributed by atoms with van der Waals surface area (Å²) in [6.45, 7) is 7.72. The van der Waals surface area contributed by atoms with Gasteiger partial charge < -0.3 is 5.32 Å². The Labute approximate surface area is 134 Å². The van der Waals surface area contributed by atoms with E-state index in [1.54, 1.807) is 0 Å². The summed E-state index contributed by atoms with van der Waals surface area (Å²) in [6, 6.07) is 22.1. The van der Waals surface area contributed by atoms with Crippen molar-refractivity contribution in [1.82, 2.24) is 10.2 Å². The van der Waals surface area contributed by atoms with Crippen molar-refractivity contribution in [3.8, 4) is 0 Å². The average molecular weight is 294 g/mol. The zero-order valence-electron chi connectivity index (χ0n) is 13.6. The van der Waals surface area contributed by atoms with Gasteiger partial charge in [0, 0.05) is 31.2 Å². The molecule has 2 aromatic carbocycles. The Balaban J connectivity index is 1.84. The Morgan fingerprint density at radius 1 is 1.05 bits per heavy atom. The molecule has 0 radical (unpaired) electrons. The smallest absolute Gasteiger partial charge is 0.0477 e. The van der Waals surface area contributed by atoms with E-state index in [1.807, 2.05) is 0 Å². The maximum absolute atomic E-state index is 3.77. The lowest BCUT2D eigenvalue weighted by molar-refractivity contribution is 0.0773. The molecule has 2 heteroatoms. The number of nitrogens with one attached hydrogen (secondary N) is 1. The first kappa shape index (κ1) is 15.3. The second-order valence-electron chi connectivity index (χ2n) is 6.61. The topological polar surface area (TPSA) is 15.3 Å². The third kappa shape index (κ3) is 3.40. The first-order valence-electron chi connectivity index (χ1n) is 8.28. The van der Waals surface area contributed by atoms with Gasteiger partial charge in [-0.1, -0.05) is 67.6 Å². The molecule has 0 aliphatic carbocycles.